The molecule has 1 aliphatic heterocycles. The molecule has 3 atom stereocenters. The van der Waals surface area contributed by atoms with Gasteiger partial charge in [0.15, 0.2) is 0 Å². The van der Waals surface area contributed by atoms with E-state index in [1.165, 1.54) is 31.5 Å². The van der Waals surface area contributed by atoms with Gasteiger partial charge in [0.1, 0.15) is 0 Å². The lowest BCUT2D eigenvalue weighted by atomic mass is 9.90. The van der Waals surface area contributed by atoms with E-state index >= 15 is 0 Å². The van der Waals surface area contributed by atoms with Crippen LogP contribution in [0.1, 0.15) is 32.3 Å². The minimum absolute atomic E-state index is 0.152. The Hall–Kier alpha value is -0.900. The van der Waals surface area contributed by atoms with Crippen LogP contribution in [0.4, 0.5) is 0 Å². The van der Waals surface area contributed by atoms with Crippen molar-refractivity contribution in [1.82, 2.24) is 10.2 Å². The molecule has 21 heavy (non-hydrogen) atoms. The van der Waals surface area contributed by atoms with E-state index in [1.807, 2.05) is 6.07 Å². The van der Waals surface area contributed by atoms with Gasteiger partial charge in [-0.05, 0) is 50.8 Å². The van der Waals surface area contributed by atoms with Crippen LogP contribution in [0.3, 0.4) is 0 Å². The van der Waals surface area contributed by atoms with E-state index in [0.29, 0.717) is 12.0 Å². The van der Waals surface area contributed by atoms with E-state index in [9.17, 15) is 5.11 Å². The zero-order valence-corrected chi connectivity index (χ0v) is 13.5. The number of rotatable bonds is 7. The molecular weight excluding hydrogens is 260 g/mol. The fourth-order valence-electron chi connectivity index (χ4n) is 3.37. The molecule has 0 bridgehead atoms. The number of nitrogens with one attached hydrogen (secondary N) is 1. The van der Waals surface area contributed by atoms with E-state index in [1.54, 1.807) is 0 Å². The Bertz CT molecular complexity index is 395. The fraction of sp³-hybridized carbons (Fsp3) is 0.667. The van der Waals surface area contributed by atoms with E-state index in [0.717, 1.165) is 13.0 Å². The molecular formula is C18H30N2O. The van der Waals surface area contributed by atoms with Crippen LogP contribution in [0.25, 0.3) is 0 Å². The van der Waals surface area contributed by atoms with Crippen LogP contribution < -0.4 is 5.32 Å². The molecule has 2 N–H and O–H groups in total. The molecule has 1 heterocycles. The molecule has 1 aromatic rings. The maximum atomic E-state index is 9.66. The number of benzene rings is 1. The standard InChI is InChI=1S/C18H30N2O/c1-3-20-11-7-10-17(13-20)15(2)19-18(14-21)12-16-8-5-4-6-9-16/h4-6,8-9,15,17-19,21H,3,7,10-14H2,1-2H3. The van der Waals surface area contributed by atoms with Crippen molar-refractivity contribution in [3.8, 4) is 0 Å². The van der Waals surface area contributed by atoms with Crippen molar-refractivity contribution in [2.75, 3.05) is 26.2 Å². The topological polar surface area (TPSA) is 35.5 Å². The number of aliphatic hydroxyl groups excluding tert-OH is 1. The van der Waals surface area contributed by atoms with Crippen molar-refractivity contribution >= 4 is 0 Å². The van der Waals surface area contributed by atoms with Crippen LogP contribution in [-0.2, 0) is 6.42 Å². The van der Waals surface area contributed by atoms with E-state index in [4.69, 9.17) is 0 Å². The molecule has 1 fully saturated rings. The first-order valence-electron chi connectivity index (χ1n) is 8.36. The van der Waals surface area contributed by atoms with Crippen LogP contribution >= 0.6 is 0 Å². The number of hydrogen-bond donors (Lipinski definition) is 2. The first-order chi connectivity index (χ1) is 10.2. The third kappa shape index (κ3) is 5.10. The summed E-state index contributed by atoms with van der Waals surface area (Å²) in [6.07, 6.45) is 3.49. The van der Waals surface area contributed by atoms with Gasteiger partial charge in [0.25, 0.3) is 0 Å². The highest BCUT2D eigenvalue weighted by atomic mass is 16.3. The second kappa shape index (κ2) is 8.52. The summed E-state index contributed by atoms with van der Waals surface area (Å²) in [5, 5.41) is 13.3. The molecule has 0 amide bonds. The SMILES string of the molecule is CCN1CCCC(C(C)NC(CO)Cc2ccccc2)C1. The zero-order chi connectivity index (χ0) is 15.1. The average molecular weight is 290 g/mol. The Morgan fingerprint density at radius 2 is 2.10 bits per heavy atom. The van der Waals surface area contributed by atoms with Crippen LogP contribution in [0.2, 0.25) is 0 Å². The minimum atomic E-state index is 0.152. The Morgan fingerprint density at radius 1 is 1.33 bits per heavy atom. The molecule has 118 valence electrons. The quantitative estimate of drug-likeness (QED) is 0.809. The molecule has 0 saturated carbocycles. The largest absolute Gasteiger partial charge is 0.395 e. The number of piperidine rings is 1. The van der Waals surface area contributed by atoms with Gasteiger partial charge in [-0.2, -0.15) is 0 Å². The molecule has 0 aromatic heterocycles. The first-order valence-corrected chi connectivity index (χ1v) is 8.36. The summed E-state index contributed by atoms with van der Waals surface area (Å²) in [5.41, 5.74) is 1.29. The smallest absolute Gasteiger partial charge is 0.0587 e. The molecule has 3 heteroatoms. The van der Waals surface area contributed by atoms with Gasteiger partial charge in [-0.15, -0.1) is 0 Å². The summed E-state index contributed by atoms with van der Waals surface area (Å²) in [5.74, 6) is 0.698. The Labute approximate surface area is 129 Å². The molecule has 0 radical (unpaired) electrons. The lowest BCUT2D eigenvalue weighted by molar-refractivity contribution is 0.143. The molecule has 1 aliphatic rings. The Morgan fingerprint density at radius 3 is 2.76 bits per heavy atom. The van der Waals surface area contributed by atoms with Gasteiger partial charge >= 0.3 is 0 Å². The monoisotopic (exact) mass is 290 g/mol. The number of hydrogen-bond acceptors (Lipinski definition) is 3. The van der Waals surface area contributed by atoms with Crippen LogP contribution in [0, 0.1) is 5.92 Å². The molecule has 1 aromatic carbocycles. The minimum Gasteiger partial charge on any atom is -0.395 e. The van der Waals surface area contributed by atoms with Crippen molar-refractivity contribution in [3.05, 3.63) is 35.9 Å². The summed E-state index contributed by atoms with van der Waals surface area (Å²) >= 11 is 0. The fourth-order valence-corrected chi connectivity index (χ4v) is 3.37. The Balaban J connectivity index is 1.85. The molecule has 0 spiro atoms. The van der Waals surface area contributed by atoms with Crippen molar-refractivity contribution in [2.24, 2.45) is 5.92 Å². The number of likely N-dealkylation sites (tertiary alicyclic amines) is 1. The number of nitrogens with zero attached hydrogens (tertiary/aromatic N) is 1. The van der Waals surface area contributed by atoms with Gasteiger partial charge in [0, 0.05) is 18.6 Å². The van der Waals surface area contributed by atoms with E-state index < -0.39 is 0 Å². The molecule has 0 aliphatic carbocycles. The summed E-state index contributed by atoms with van der Waals surface area (Å²) in [6, 6.07) is 11.0. The van der Waals surface area contributed by atoms with Crippen molar-refractivity contribution in [1.29, 1.82) is 0 Å². The molecule has 3 unspecified atom stereocenters. The predicted molar refractivity (Wildman–Crippen MR) is 88.5 cm³/mol. The molecule has 3 nitrogen and oxygen atoms in total. The summed E-state index contributed by atoms with van der Waals surface area (Å²) in [6.45, 7) is 8.30. The second-order valence-electron chi connectivity index (χ2n) is 6.32. The lowest BCUT2D eigenvalue weighted by Crippen LogP contribution is -2.49. The van der Waals surface area contributed by atoms with Gasteiger partial charge in [-0.3, -0.25) is 0 Å². The summed E-state index contributed by atoms with van der Waals surface area (Å²) < 4.78 is 0. The highest BCUT2D eigenvalue weighted by molar-refractivity contribution is 5.16. The summed E-state index contributed by atoms with van der Waals surface area (Å²) in [4.78, 5) is 2.54. The van der Waals surface area contributed by atoms with Gasteiger partial charge in [-0.1, -0.05) is 37.3 Å². The average Bonchev–Trinajstić information content (AvgIpc) is 2.55. The van der Waals surface area contributed by atoms with Crippen LogP contribution in [0.5, 0.6) is 0 Å². The van der Waals surface area contributed by atoms with Gasteiger partial charge in [0.2, 0.25) is 0 Å². The zero-order valence-electron chi connectivity index (χ0n) is 13.5. The highest BCUT2D eigenvalue weighted by Gasteiger charge is 2.25. The second-order valence-corrected chi connectivity index (χ2v) is 6.32. The maximum Gasteiger partial charge on any atom is 0.0587 e. The van der Waals surface area contributed by atoms with Crippen molar-refractivity contribution in [3.63, 3.8) is 0 Å². The molecule has 1 saturated heterocycles. The van der Waals surface area contributed by atoms with Crippen LogP contribution in [-0.4, -0.2) is 48.3 Å². The first kappa shape index (κ1) is 16.5. The van der Waals surface area contributed by atoms with Crippen molar-refractivity contribution in [2.45, 2.75) is 45.2 Å². The maximum absolute atomic E-state index is 9.66. The van der Waals surface area contributed by atoms with Gasteiger partial charge in [0.05, 0.1) is 6.61 Å². The predicted octanol–water partition coefficient (Wildman–Crippen LogP) is 2.30. The van der Waals surface area contributed by atoms with Crippen LogP contribution in [0.15, 0.2) is 30.3 Å². The molecule has 2 rings (SSSR count). The van der Waals surface area contributed by atoms with E-state index in [2.05, 4.69) is 48.3 Å². The van der Waals surface area contributed by atoms with Crippen molar-refractivity contribution < 1.29 is 5.11 Å². The van der Waals surface area contributed by atoms with Gasteiger partial charge in [-0.25, -0.2) is 0 Å². The van der Waals surface area contributed by atoms with E-state index in [-0.39, 0.29) is 12.6 Å². The number of aliphatic hydroxyl groups is 1. The third-order valence-electron chi connectivity index (χ3n) is 4.74. The van der Waals surface area contributed by atoms with Gasteiger partial charge < -0.3 is 15.3 Å². The third-order valence-corrected chi connectivity index (χ3v) is 4.74. The normalized spacial score (nSPS) is 22.9. The lowest BCUT2D eigenvalue weighted by Gasteiger charge is -2.36. The highest BCUT2D eigenvalue weighted by Crippen LogP contribution is 2.20. The summed E-state index contributed by atoms with van der Waals surface area (Å²) in [7, 11) is 0. The Kier molecular flexibility index (Phi) is 6.68.